The van der Waals surface area contributed by atoms with Gasteiger partial charge in [0.1, 0.15) is 0 Å². The molecule has 0 aliphatic heterocycles. The molecule has 0 heterocycles. The van der Waals surface area contributed by atoms with Gasteiger partial charge in [0.05, 0.1) is 20.8 Å². The van der Waals surface area contributed by atoms with Crippen LogP contribution in [-0.2, 0) is 13.0 Å². The third kappa shape index (κ3) is 7.80. The monoisotopic (exact) mass is 391 g/mol. The molecule has 1 unspecified atom stereocenters. The Morgan fingerprint density at radius 3 is 2.57 bits per heavy atom. The molecular formula is C22H37N3O3. The van der Waals surface area contributed by atoms with Crippen LogP contribution in [0.3, 0.4) is 0 Å². The van der Waals surface area contributed by atoms with E-state index in [0.29, 0.717) is 24.6 Å². The average Bonchev–Trinajstić information content (AvgIpc) is 2.70. The molecule has 0 saturated carbocycles. The van der Waals surface area contributed by atoms with Crippen LogP contribution in [0.5, 0.6) is 11.5 Å². The molecule has 0 amide bonds. The van der Waals surface area contributed by atoms with Gasteiger partial charge in [0.25, 0.3) is 0 Å². The fourth-order valence-electron chi connectivity index (χ4n) is 3.20. The van der Waals surface area contributed by atoms with Gasteiger partial charge >= 0.3 is 0 Å². The van der Waals surface area contributed by atoms with Gasteiger partial charge in [-0.05, 0) is 49.8 Å². The lowest BCUT2D eigenvalue weighted by molar-refractivity contribution is 0.251. The van der Waals surface area contributed by atoms with Crippen molar-refractivity contribution in [2.24, 2.45) is 10.9 Å². The molecule has 158 valence electrons. The van der Waals surface area contributed by atoms with Gasteiger partial charge in [-0.2, -0.15) is 0 Å². The molecule has 0 radical (unpaired) electrons. The molecule has 1 rings (SSSR count). The van der Waals surface area contributed by atoms with Crippen LogP contribution in [0, 0.1) is 5.92 Å². The Kier molecular flexibility index (Phi) is 11.8. The molecule has 6 heteroatoms. The molecule has 0 spiro atoms. The normalized spacial score (nSPS) is 12.4. The van der Waals surface area contributed by atoms with Crippen molar-refractivity contribution in [2.75, 3.05) is 33.9 Å². The van der Waals surface area contributed by atoms with Gasteiger partial charge in [0.2, 0.25) is 0 Å². The standard InChI is InChI=1S/C22H37N3O3/c1-6-9-17(11-12-26)15-24-22(23-8-3)25-16-18-13-19(10-7-2)21(28-5)20(14-18)27-4/h7,13-14,17,26H,2,6,8-12,15-16H2,1,3-5H3,(H2,23,24,25). The zero-order valence-corrected chi connectivity index (χ0v) is 17.9. The Morgan fingerprint density at radius 1 is 1.21 bits per heavy atom. The molecule has 1 aromatic carbocycles. The quantitative estimate of drug-likeness (QED) is 0.273. The second-order valence-electron chi connectivity index (χ2n) is 6.73. The molecule has 0 aromatic heterocycles. The average molecular weight is 392 g/mol. The molecule has 0 saturated heterocycles. The van der Waals surface area contributed by atoms with Crippen LogP contribution in [0.1, 0.15) is 44.2 Å². The first-order valence-corrected chi connectivity index (χ1v) is 10.1. The number of nitrogens with one attached hydrogen (secondary N) is 2. The van der Waals surface area contributed by atoms with Crippen LogP contribution in [-0.4, -0.2) is 45.0 Å². The van der Waals surface area contributed by atoms with Gasteiger partial charge in [0, 0.05) is 25.3 Å². The van der Waals surface area contributed by atoms with Gasteiger partial charge in [-0.25, -0.2) is 4.99 Å². The molecule has 0 aliphatic rings. The van der Waals surface area contributed by atoms with Crippen LogP contribution in [0.15, 0.2) is 29.8 Å². The highest BCUT2D eigenvalue weighted by atomic mass is 16.5. The lowest BCUT2D eigenvalue weighted by Gasteiger charge is -2.18. The van der Waals surface area contributed by atoms with Crippen molar-refractivity contribution in [3.8, 4) is 11.5 Å². The summed E-state index contributed by atoms with van der Waals surface area (Å²) in [7, 11) is 3.29. The van der Waals surface area contributed by atoms with Crippen molar-refractivity contribution >= 4 is 5.96 Å². The van der Waals surface area contributed by atoms with Crippen molar-refractivity contribution < 1.29 is 14.6 Å². The Morgan fingerprint density at radius 2 is 2.00 bits per heavy atom. The summed E-state index contributed by atoms with van der Waals surface area (Å²) in [5, 5.41) is 15.9. The Hall–Kier alpha value is -2.21. The van der Waals surface area contributed by atoms with Gasteiger partial charge in [0.15, 0.2) is 17.5 Å². The smallest absolute Gasteiger partial charge is 0.191 e. The number of ether oxygens (including phenoxy) is 2. The summed E-state index contributed by atoms with van der Waals surface area (Å²) < 4.78 is 11.0. The molecule has 0 bridgehead atoms. The van der Waals surface area contributed by atoms with E-state index in [0.717, 1.165) is 55.2 Å². The van der Waals surface area contributed by atoms with Crippen molar-refractivity contribution in [2.45, 2.75) is 46.1 Å². The van der Waals surface area contributed by atoms with Crippen LogP contribution in [0.2, 0.25) is 0 Å². The van der Waals surface area contributed by atoms with Gasteiger partial charge in [-0.15, -0.1) is 6.58 Å². The van der Waals surface area contributed by atoms with Crippen LogP contribution < -0.4 is 20.1 Å². The number of rotatable bonds is 13. The Balaban J connectivity index is 2.93. The van der Waals surface area contributed by atoms with Crippen molar-refractivity contribution in [1.82, 2.24) is 10.6 Å². The first kappa shape index (κ1) is 23.8. The van der Waals surface area contributed by atoms with Crippen molar-refractivity contribution in [3.63, 3.8) is 0 Å². The molecule has 0 fully saturated rings. The topological polar surface area (TPSA) is 75.1 Å². The number of guanidine groups is 1. The highest BCUT2D eigenvalue weighted by Crippen LogP contribution is 2.33. The molecule has 6 nitrogen and oxygen atoms in total. The summed E-state index contributed by atoms with van der Waals surface area (Å²) in [5.74, 6) is 2.67. The van der Waals surface area contributed by atoms with Crippen LogP contribution in [0.4, 0.5) is 0 Å². The number of aliphatic hydroxyl groups is 1. The van der Waals surface area contributed by atoms with E-state index >= 15 is 0 Å². The number of allylic oxidation sites excluding steroid dienone is 1. The summed E-state index contributed by atoms with van der Waals surface area (Å²) in [6, 6.07) is 4.05. The van der Waals surface area contributed by atoms with E-state index in [1.165, 1.54) is 0 Å². The van der Waals surface area contributed by atoms with E-state index in [1.54, 1.807) is 14.2 Å². The van der Waals surface area contributed by atoms with Crippen molar-refractivity contribution in [1.29, 1.82) is 0 Å². The van der Waals surface area contributed by atoms with E-state index in [9.17, 15) is 5.11 Å². The lowest BCUT2D eigenvalue weighted by atomic mass is 10.0. The number of aliphatic imine (C=N–C) groups is 1. The molecule has 1 atom stereocenters. The van der Waals surface area contributed by atoms with Crippen molar-refractivity contribution in [3.05, 3.63) is 35.9 Å². The number of benzene rings is 1. The maximum atomic E-state index is 9.24. The number of aliphatic hydroxyl groups excluding tert-OH is 1. The van der Waals surface area contributed by atoms with Crippen LogP contribution in [0.25, 0.3) is 0 Å². The summed E-state index contributed by atoms with van der Waals surface area (Å²) in [5.41, 5.74) is 2.08. The summed E-state index contributed by atoms with van der Waals surface area (Å²) in [4.78, 5) is 4.72. The van der Waals surface area contributed by atoms with E-state index < -0.39 is 0 Å². The number of hydrogen-bond donors (Lipinski definition) is 3. The predicted octanol–water partition coefficient (Wildman–Crippen LogP) is 3.29. The van der Waals surface area contributed by atoms with E-state index in [4.69, 9.17) is 14.5 Å². The molecule has 1 aromatic rings. The van der Waals surface area contributed by atoms with E-state index in [2.05, 4.69) is 30.2 Å². The molecule has 3 N–H and O–H groups in total. The minimum absolute atomic E-state index is 0.220. The number of methoxy groups -OCH3 is 2. The molecule has 0 aliphatic carbocycles. The maximum absolute atomic E-state index is 9.24. The van der Waals surface area contributed by atoms with Crippen LogP contribution >= 0.6 is 0 Å². The SMILES string of the molecule is C=CCc1cc(CN=C(NCC)NCC(CCC)CCO)cc(OC)c1OC. The minimum atomic E-state index is 0.220. The molecular weight excluding hydrogens is 354 g/mol. The fraction of sp³-hybridized carbons (Fsp3) is 0.591. The summed E-state index contributed by atoms with van der Waals surface area (Å²) in [6.45, 7) is 10.4. The highest BCUT2D eigenvalue weighted by Gasteiger charge is 2.12. The van der Waals surface area contributed by atoms with Gasteiger partial charge < -0.3 is 25.2 Å². The van der Waals surface area contributed by atoms with Gasteiger partial charge in [-0.1, -0.05) is 19.4 Å². The Bertz CT molecular complexity index is 611. The second kappa shape index (κ2) is 13.9. The lowest BCUT2D eigenvalue weighted by Crippen LogP contribution is -2.40. The third-order valence-corrected chi connectivity index (χ3v) is 4.54. The van der Waals surface area contributed by atoms with E-state index in [1.807, 2.05) is 19.1 Å². The first-order chi connectivity index (χ1) is 13.6. The fourth-order valence-corrected chi connectivity index (χ4v) is 3.20. The second-order valence-corrected chi connectivity index (χ2v) is 6.73. The highest BCUT2D eigenvalue weighted by molar-refractivity contribution is 5.79. The first-order valence-electron chi connectivity index (χ1n) is 10.1. The van der Waals surface area contributed by atoms with E-state index in [-0.39, 0.29) is 6.61 Å². The Labute approximate surface area is 170 Å². The maximum Gasteiger partial charge on any atom is 0.191 e. The molecule has 28 heavy (non-hydrogen) atoms. The zero-order valence-electron chi connectivity index (χ0n) is 17.9. The third-order valence-electron chi connectivity index (χ3n) is 4.54. The van der Waals surface area contributed by atoms with Gasteiger partial charge in [-0.3, -0.25) is 0 Å². The summed E-state index contributed by atoms with van der Waals surface area (Å²) >= 11 is 0. The predicted molar refractivity (Wildman–Crippen MR) is 116 cm³/mol. The zero-order chi connectivity index (χ0) is 20.8. The largest absolute Gasteiger partial charge is 0.493 e. The number of hydrogen-bond acceptors (Lipinski definition) is 4. The number of nitrogens with zero attached hydrogens (tertiary/aromatic N) is 1. The summed E-state index contributed by atoms with van der Waals surface area (Å²) in [6.07, 6.45) is 5.56. The minimum Gasteiger partial charge on any atom is -0.493 e.